The van der Waals surface area contributed by atoms with Gasteiger partial charge >= 0.3 is 34.5 Å². The average Bonchev–Trinajstić information content (AvgIpc) is 2.11. The number of benzene rings is 1. The molecular formula is C9H9IZn. The van der Waals surface area contributed by atoms with E-state index < -0.39 is 0 Å². The van der Waals surface area contributed by atoms with Crippen LogP contribution in [0.3, 0.4) is 0 Å². The summed E-state index contributed by atoms with van der Waals surface area (Å²) in [5.74, 6) is 0. The van der Waals surface area contributed by atoms with Gasteiger partial charge in [0.15, 0.2) is 0 Å². The molecule has 54 valence electrons. The summed E-state index contributed by atoms with van der Waals surface area (Å²) in [6.07, 6.45) is 4.92. The Morgan fingerprint density at radius 3 is 2.27 bits per heavy atom. The van der Waals surface area contributed by atoms with Crippen LogP contribution in [-0.4, -0.2) is 0 Å². The Labute approximate surface area is 88.9 Å². The number of hydrogen-bond donors (Lipinski definition) is 0. The molecule has 0 atom stereocenters. The second kappa shape index (κ2) is 8.41. The topological polar surface area (TPSA) is 0 Å². The molecule has 1 aromatic rings. The molecule has 1 rings (SSSR count). The van der Waals surface area contributed by atoms with E-state index in [0.29, 0.717) is 0 Å². The second-order valence-electron chi connectivity index (χ2n) is 1.84. The Morgan fingerprint density at radius 2 is 1.82 bits per heavy atom. The van der Waals surface area contributed by atoms with Gasteiger partial charge in [-0.1, -0.05) is 18.2 Å². The van der Waals surface area contributed by atoms with Gasteiger partial charge in [-0.25, -0.2) is 6.08 Å². The number of allylic oxidation sites excluding steroid dienone is 1. The summed E-state index contributed by atoms with van der Waals surface area (Å²) in [5.41, 5.74) is 1.21. The van der Waals surface area contributed by atoms with Gasteiger partial charge in [-0.05, 0) is 0 Å². The fourth-order valence-corrected chi connectivity index (χ4v) is 0.716. The van der Waals surface area contributed by atoms with Crippen molar-refractivity contribution in [3.05, 3.63) is 42.0 Å². The first kappa shape index (κ1) is 11.3. The van der Waals surface area contributed by atoms with Gasteiger partial charge in [0, 0.05) is 0 Å². The average molecular weight is 309 g/mol. The molecule has 0 aliphatic rings. The van der Waals surface area contributed by atoms with Gasteiger partial charge in [-0.3, -0.25) is 6.08 Å². The van der Waals surface area contributed by atoms with Crippen molar-refractivity contribution < 1.29 is 14.8 Å². The van der Waals surface area contributed by atoms with Crippen LogP contribution in [-0.2, 0) is 14.8 Å². The molecule has 0 fully saturated rings. The van der Waals surface area contributed by atoms with E-state index in [4.69, 9.17) is 0 Å². The van der Waals surface area contributed by atoms with E-state index in [-0.39, 0.29) is 0 Å². The van der Waals surface area contributed by atoms with E-state index in [1.165, 1.54) is 20.4 Å². The molecule has 0 saturated heterocycles. The van der Waals surface area contributed by atoms with E-state index in [2.05, 4.69) is 38.0 Å². The quantitative estimate of drug-likeness (QED) is 0.424. The van der Waals surface area contributed by atoms with Crippen LogP contribution in [0.2, 0.25) is 0 Å². The zero-order valence-electron chi connectivity index (χ0n) is 6.55. The molecule has 0 aliphatic heterocycles. The molecule has 0 unspecified atom stereocenters. The van der Waals surface area contributed by atoms with Crippen molar-refractivity contribution in [3.8, 4) is 0 Å². The van der Waals surface area contributed by atoms with Crippen molar-refractivity contribution in [1.82, 2.24) is 0 Å². The summed E-state index contributed by atoms with van der Waals surface area (Å²) in [6.45, 7) is 1.90. The third-order valence-electron chi connectivity index (χ3n) is 1.11. The van der Waals surface area contributed by atoms with Crippen LogP contribution in [0.4, 0.5) is 0 Å². The van der Waals surface area contributed by atoms with E-state index >= 15 is 0 Å². The van der Waals surface area contributed by atoms with Gasteiger partial charge in [-0.15, -0.1) is 19.1 Å². The molecule has 0 aliphatic carbocycles. The van der Waals surface area contributed by atoms with Crippen LogP contribution in [0.1, 0.15) is 12.5 Å². The van der Waals surface area contributed by atoms with Crippen LogP contribution < -0.4 is 0 Å². The van der Waals surface area contributed by atoms with Gasteiger partial charge < -0.3 is 0 Å². The predicted molar refractivity (Wildman–Crippen MR) is 53.8 cm³/mol. The summed E-state index contributed by atoms with van der Waals surface area (Å²) < 4.78 is 0. The molecule has 0 radical (unpaired) electrons. The second-order valence-corrected chi connectivity index (χ2v) is 1.84. The normalized spacial score (nSPS) is 9.09. The van der Waals surface area contributed by atoms with Gasteiger partial charge in [-0.2, -0.15) is 5.56 Å². The summed E-state index contributed by atoms with van der Waals surface area (Å²) in [6, 6.07) is 10.1. The monoisotopic (exact) mass is 308 g/mol. The Morgan fingerprint density at radius 1 is 1.27 bits per heavy atom. The van der Waals surface area contributed by atoms with Crippen molar-refractivity contribution in [2.45, 2.75) is 6.92 Å². The molecule has 0 nitrogen and oxygen atoms in total. The van der Waals surface area contributed by atoms with E-state index in [1.54, 1.807) is 0 Å². The van der Waals surface area contributed by atoms with Gasteiger partial charge in [0.2, 0.25) is 0 Å². The fraction of sp³-hybridized carbons (Fsp3) is 0.111. The standard InChI is InChI=1S/C9H9.HI.Zn/c1-2-6-9-7-4-3-5-8-9;;/h3-8H,1H3;1H;/q-1;;+2/p-1. The van der Waals surface area contributed by atoms with Crippen LogP contribution in [0.5, 0.6) is 0 Å². The molecule has 0 bridgehead atoms. The molecule has 0 saturated carbocycles. The SMILES string of the molecule is C[C-]=Cc1ccccc1.[Zn+][I]. The van der Waals surface area contributed by atoms with Crippen molar-refractivity contribution in [3.63, 3.8) is 0 Å². The summed E-state index contributed by atoms with van der Waals surface area (Å²) in [5, 5.41) is 0. The molecule has 2 heteroatoms. The molecule has 1 aromatic carbocycles. The Bertz CT molecular complexity index is 194. The van der Waals surface area contributed by atoms with E-state index in [9.17, 15) is 0 Å². The summed E-state index contributed by atoms with van der Waals surface area (Å²) in [4.78, 5) is 0. The first-order valence-electron chi connectivity index (χ1n) is 3.26. The van der Waals surface area contributed by atoms with E-state index in [0.717, 1.165) is 0 Å². The van der Waals surface area contributed by atoms with Crippen LogP contribution in [0.25, 0.3) is 6.08 Å². The molecule has 0 N–H and O–H groups in total. The van der Waals surface area contributed by atoms with Crippen LogP contribution in [0, 0.1) is 6.08 Å². The Balaban J connectivity index is 0.000000461. The van der Waals surface area contributed by atoms with Crippen LogP contribution in [0.15, 0.2) is 30.3 Å². The van der Waals surface area contributed by atoms with Gasteiger partial charge in [0.05, 0.1) is 0 Å². The molecule has 0 heterocycles. The molecule has 11 heavy (non-hydrogen) atoms. The van der Waals surface area contributed by atoms with Gasteiger partial charge in [0.1, 0.15) is 0 Å². The molecule has 0 amide bonds. The number of halogens is 1. The third kappa shape index (κ3) is 5.57. The van der Waals surface area contributed by atoms with Crippen molar-refractivity contribution >= 4 is 25.8 Å². The summed E-state index contributed by atoms with van der Waals surface area (Å²) in [7, 11) is 0. The minimum absolute atomic E-state index is 1.21. The zero-order chi connectivity index (χ0) is 8.53. The van der Waals surface area contributed by atoms with E-state index in [1.807, 2.05) is 31.2 Å². The minimum atomic E-state index is 1.21. The van der Waals surface area contributed by atoms with Crippen molar-refractivity contribution in [2.75, 3.05) is 0 Å². The maximum absolute atomic E-state index is 2.96. The Kier molecular flexibility index (Phi) is 8.65. The van der Waals surface area contributed by atoms with Crippen molar-refractivity contribution in [1.29, 1.82) is 0 Å². The number of hydrogen-bond acceptors (Lipinski definition) is 0. The summed E-state index contributed by atoms with van der Waals surface area (Å²) >= 11 is 3.62. The Hall–Kier alpha value is 0.313. The van der Waals surface area contributed by atoms with Crippen molar-refractivity contribution in [2.24, 2.45) is 0 Å². The first-order chi connectivity index (χ1) is 5.43. The number of rotatable bonds is 1. The third-order valence-corrected chi connectivity index (χ3v) is 1.11. The van der Waals surface area contributed by atoms with Gasteiger partial charge in [0.25, 0.3) is 0 Å². The van der Waals surface area contributed by atoms with Crippen LogP contribution >= 0.6 is 19.8 Å². The first-order valence-corrected chi connectivity index (χ1v) is 12.3. The maximum atomic E-state index is 2.96. The zero-order valence-corrected chi connectivity index (χ0v) is 11.7. The molecular weight excluding hydrogens is 300 g/mol. The predicted octanol–water partition coefficient (Wildman–Crippen LogP) is 3.41. The molecule has 0 aromatic heterocycles. The fourth-order valence-electron chi connectivity index (χ4n) is 0.716. The molecule has 0 spiro atoms.